The van der Waals surface area contributed by atoms with Gasteiger partial charge < -0.3 is 4.74 Å². The third kappa shape index (κ3) is 5.78. The van der Waals surface area contributed by atoms with Gasteiger partial charge in [-0.1, -0.05) is 30.3 Å². The summed E-state index contributed by atoms with van der Waals surface area (Å²) in [5.74, 6) is 0.694. The zero-order valence-corrected chi connectivity index (χ0v) is 11.7. The smallest absolute Gasteiger partial charge is 0.319 e. The van der Waals surface area contributed by atoms with Crippen LogP contribution >= 0.6 is 11.8 Å². The molecule has 0 aliphatic carbocycles. The quantitative estimate of drug-likeness (QED) is 0.765. The molecule has 17 heavy (non-hydrogen) atoms. The normalized spacial score (nSPS) is 13.2. The summed E-state index contributed by atoms with van der Waals surface area (Å²) in [5.41, 5.74) is 0.825. The molecule has 0 spiro atoms. The van der Waals surface area contributed by atoms with E-state index in [2.05, 4.69) is 12.1 Å². The van der Waals surface area contributed by atoms with Crippen molar-refractivity contribution in [3.8, 4) is 0 Å². The highest BCUT2D eigenvalue weighted by Crippen LogP contribution is 2.20. The standard InChI is InChI=1S/C14H20O2S/c1-11(13(15)16-14(2,3)4)17-10-12-8-6-5-7-9-12/h5-9,11H,10H2,1-4H3. The lowest BCUT2D eigenvalue weighted by Gasteiger charge is -2.22. The number of hydrogen-bond acceptors (Lipinski definition) is 3. The molecule has 1 unspecified atom stereocenters. The summed E-state index contributed by atoms with van der Waals surface area (Å²) >= 11 is 1.60. The van der Waals surface area contributed by atoms with E-state index in [1.54, 1.807) is 11.8 Å². The van der Waals surface area contributed by atoms with Gasteiger partial charge in [0.05, 0.1) is 5.25 Å². The minimum Gasteiger partial charge on any atom is -0.459 e. The Balaban J connectivity index is 2.40. The average Bonchev–Trinajstić information content (AvgIpc) is 2.25. The maximum atomic E-state index is 11.7. The van der Waals surface area contributed by atoms with Gasteiger partial charge >= 0.3 is 5.97 Å². The number of benzene rings is 1. The van der Waals surface area contributed by atoms with Gasteiger partial charge in [-0.25, -0.2) is 0 Å². The molecule has 1 aromatic carbocycles. The fourth-order valence-electron chi connectivity index (χ4n) is 1.25. The van der Waals surface area contributed by atoms with Crippen molar-refractivity contribution in [2.24, 2.45) is 0 Å². The maximum Gasteiger partial charge on any atom is 0.319 e. The first-order valence-electron chi connectivity index (χ1n) is 5.77. The predicted octanol–water partition coefficient (Wildman–Crippen LogP) is 3.65. The van der Waals surface area contributed by atoms with Crippen LogP contribution in [0.25, 0.3) is 0 Å². The first-order valence-corrected chi connectivity index (χ1v) is 6.82. The molecule has 2 nitrogen and oxygen atoms in total. The van der Waals surface area contributed by atoms with E-state index >= 15 is 0 Å². The van der Waals surface area contributed by atoms with E-state index in [4.69, 9.17) is 4.74 Å². The molecular formula is C14H20O2S. The molecule has 0 heterocycles. The first kappa shape index (κ1) is 14.1. The fourth-order valence-corrected chi connectivity index (χ4v) is 2.07. The summed E-state index contributed by atoms with van der Waals surface area (Å²) in [4.78, 5) is 11.7. The summed E-state index contributed by atoms with van der Waals surface area (Å²) in [6.07, 6.45) is 0. The van der Waals surface area contributed by atoms with Crippen molar-refractivity contribution < 1.29 is 9.53 Å². The van der Waals surface area contributed by atoms with E-state index in [0.29, 0.717) is 0 Å². The van der Waals surface area contributed by atoms with E-state index in [1.807, 2.05) is 45.9 Å². The number of thioether (sulfide) groups is 1. The van der Waals surface area contributed by atoms with Crippen LogP contribution in [0.5, 0.6) is 0 Å². The van der Waals surface area contributed by atoms with Gasteiger partial charge in [0.1, 0.15) is 5.60 Å². The molecule has 1 atom stereocenters. The zero-order chi connectivity index (χ0) is 12.9. The van der Waals surface area contributed by atoms with Crippen molar-refractivity contribution in [3.05, 3.63) is 35.9 Å². The Morgan fingerprint density at radius 2 is 1.88 bits per heavy atom. The number of hydrogen-bond donors (Lipinski definition) is 0. The average molecular weight is 252 g/mol. The topological polar surface area (TPSA) is 26.3 Å². The van der Waals surface area contributed by atoms with Gasteiger partial charge in [-0.3, -0.25) is 4.79 Å². The van der Waals surface area contributed by atoms with Crippen LogP contribution in [0.15, 0.2) is 30.3 Å². The highest BCUT2D eigenvalue weighted by Gasteiger charge is 2.21. The van der Waals surface area contributed by atoms with Gasteiger partial charge in [0, 0.05) is 5.75 Å². The second-order valence-corrected chi connectivity index (χ2v) is 6.30. The van der Waals surface area contributed by atoms with Crippen molar-refractivity contribution in [2.75, 3.05) is 0 Å². The molecular weight excluding hydrogens is 232 g/mol. The Morgan fingerprint density at radius 3 is 2.41 bits per heavy atom. The summed E-state index contributed by atoms with van der Waals surface area (Å²) in [6, 6.07) is 10.1. The minimum absolute atomic E-state index is 0.130. The fraction of sp³-hybridized carbons (Fsp3) is 0.500. The molecule has 0 saturated heterocycles. The van der Waals surface area contributed by atoms with Crippen LogP contribution in [0, 0.1) is 0 Å². The summed E-state index contributed by atoms with van der Waals surface area (Å²) in [6.45, 7) is 7.56. The van der Waals surface area contributed by atoms with Crippen LogP contribution in [0.4, 0.5) is 0 Å². The molecule has 0 aromatic heterocycles. The lowest BCUT2D eigenvalue weighted by Crippen LogP contribution is -2.28. The van der Waals surface area contributed by atoms with Crippen molar-refractivity contribution in [1.82, 2.24) is 0 Å². The lowest BCUT2D eigenvalue weighted by atomic mass is 10.2. The lowest BCUT2D eigenvalue weighted by molar-refractivity contribution is -0.153. The Bertz CT molecular complexity index is 354. The minimum atomic E-state index is -0.404. The Morgan fingerprint density at radius 1 is 1.29 bits per heavy atom. The summed E-state index contributed by atoms with van der Waals surface area (Å²) < 4.78 is 5.33. The number of carbonyl (C=O) groups excluding carboxylic acids is 1. The van der Waals surface area contributed by atoms with Crippen LogP contribution in [-0.4, -0.2) is 16.8 Å². The molecule has 0 bridgehead atoms. The molecule has 0 aliphatic rings. The van der Waals surface area contributed by atoms with E-state index in [-0.39, 0.29) is 11.2 Å². The van der Waals surface area contributed by atoms with Crippen LogP contribution in [0.2, 0.25) is 0 Å². The Hall–Kier alpha value is -0.960. The highest BCUT2D eigenvalue weighted by atomic mass is 32.2. The summed E-state index contributed by atoms with van der Waals surface area (Å²) in [5, 5.41) is -0.130. The van der Waals surface area contributed by atoms with Gasteiger partial charge in [-0.2, -0.15) is 0 Å². The van der Waals surface area contributed by atoms with Crippen molar-refractivity contribution in [2.45, 2.75) is 44.3 Å². The van der Waals surface area contributed by atoms with E-state index in [1.165, 1.54) is 5.56 Å². The van der Waals surface area contributed by atoms with Crippen LogP contribution in [-0.2, 0) is 15.3 Å². The maximum absolute atomic E-state index is 11.7. The predicted molar refractivity (Wildman–Crippen MR) is 73.0 cm³/mol. The van der Waals surface area contributed by atoms with Gasteiger partial charge in [0.25, 0.3) is 0 Å². The first-order chi connectivity index (χ1) is 7.88. The molecule has 0 N–H and O–H groups in total. The van der Waals surface area contributed by atoms with Gasteiger partial charge in [-0.15, -0.1) is 11.8 Å². The third-order valence-corrected chi connectivity index (χ3v) is 3.27. The van der Waals surface area contributed by atoms with E-state index in [9.17, 15) is 4.79 Å². The van der Waals surface area contributed by atoms with Crippen molar-refractivity contribution in [1.29, 1.82) is 0 Å². The van der Waals surface area contributed by atoms with E-state index < -0.39 is 5.60 Å². The Kier molecular flexibility index (Phi) is 5.06. The number of esters is 1. The van der Waals surface area contributed by atoms with Gasteiger partial charge in [0.15, 0.2) is 0 Å². The monoisotopic (exact) mass is 252 g/mol. The molecule has 0 saturated carbocycles. The molecule has 0 radical (unpaired) electrons. The van der Waals surface area contributed by atoms with Crippen molar-refractivity contribution >= 4 is 17.7 Å². The van der Waals surface area contributed by atoms with Gasteiger partial charge in [0.2, 0.25) is 0 Å². The van der Waals surface area contributed by atoms with Crippen molar-refractivity contribution in [3.63, 3.8) is 0 Å². The second-order valence-electron chi connectivity index (χ2n) is 4.97. The SMILES string of the molecule is CC(SCc1ccccc1)C(=O)OC(C)(C)C. The molecule has 0 amide bonds. The molecule has 1 aromatic rings. The largest absolute Gasteiger partial charge is 0.459 e. The molecule has 0 aliphatic heterocycles. The number of carbonyl (C=O) groups is 1. The summed E-state index contributed by atoms with van der Waals surface area (Å²) in [7, 11) is 0. The molecule has 0 fully saturated rings. The number of rotatable bonds is 4. The molecule has 3 heteroatoms. The Labute approximate surface area is 108 Å². The van der Waals surface area contributed by atoms with Crippen LogP contribution in [0.1, 0.15) is 33.3 Å². The van der Waals surface area contributed by atoms with Crippen LogP contribution in [0.3, 0.4) is 0 Å². The van der Waals surface area contributed by atoms with Crippen LogP contribution < -0.4 is 0 Å². The molecule has 94 valence electrons. The highest BCUT2D eigenvalue weighted by molar-refractivity contribution is 7.99. The molecule has 1 rings (SSSR count). The van der Waals surface area contributed by atoms with E-state index in [0.717, 1.165) is 5.75 Å². The zero-order valence-electron chi connectivity index (χ0n) is 10.9. The second kappa shape index (κ2) is 6.10. The van der Waals surface area contributed by atoms with Gasteiger partial charge in [-0.05, 0) is 33.3 Å². The third-order valence-electron chi connectivity index (χ3n) is 2.08. The number of ether oxygens (including phenoxy) is 1.